The second kappa shape index (κ2) is 3.74. The average molecular weight is 226 g/mol. The number of carbonyl (C=O) groups excluding carboxylic acids is 1. The summed E-state index contributed by atoms with van der Waals surface area (Å²) in [7, 11) is 0. The lowest BCUT2D eigenvalue weighted by Crippen LogP contribution is -2.24. The van der Waals surface area contributed by atoms with Gasteiger partial charge in [-0.1, -0.05) is 0 Å². The molecule has 0 spiro atoms. The topological polar surface area (TPSA) is 40.5 Å². The van der Waals surface area contributed by atoms with Crippen molar-refractivity contribution in [3.63, 3.8) is 0 Å². The molecule has 15 heavy (non-hydrogen) atoms. The third kappa shape index (κ3) is 1.92. The van der Waals surface area contributed by atoms with E-state index in [0.29, 0.717) is 13.0 Å². The summed E-state index contributed by atoms with van der Waals surface area (Å²) in [5.74, 6) is 0.285. The van der Waals surface area contributed by atoms with Crippen LogP contribution in [0.3, 0.4) is 0 Å². The van der Waals surface area contributed by atoms with E-state index in [0.717, 1.165) is 11.3 Å². The van der Waals surface area contributed by atoms with Gasteiger partial charge in [0.25, 0.3) is 0 Å². The number of amides is 1. The molecular formula is C11H12ClNO2. The largest absolute Gasteiger partial charge is 0.508 e. The number of rotatable bonds is 1. The van der Waals surface area contributed by atoms with Gasteiger partial charge in [0.15, 0.2) is 0 Å². The van der Waals surface area contributed by atoms with Crippen LogP contribution in [0, 0.1) is 6.92 Å². The van der Waals surface area contributed by atoms with Gasteiger partial charge >= 0.3 is 0 Å². The molecule has 0 bridgehead atoms. The van der Waals surface area contributed by atoms with E-state index in [-0.39, 0.29) is 17.0 Å². The summed E-state index contributed by atoms with van der Waals surface area (Å²) in [4.78, 5) is 13.2. The number of halogens is 1. The number of alkyl halides is 1. The van der Waals surface area contributed by atoms with E-state index in [9.17, 15) is 9.90 Å². The van der Waals surface area contributed by atoms with E-state index in [1.807, 2.05) is 0 Å². The third-order valence-corrected chi connectivity index (χ3v) is 2.86. The quantitative estimate of drug-likeness (QED) is 0.744. The van der Waals surface area contributed by atoms with Crippen LogP contribution in [-0.2, 0) is 4.79 Å². The highest BCUT2D eigenvalue weighted by Crippen LogP contribution is 2.27. The molecule has 2 rings (SSSR count). The molecule has 3 nitrogen and oxygen atoms in total. The van der Waals surface area contributed by atoms with E-state index >= 15 is 0 Å². The number of anilines is 1. The molecule has 80 valence electrons. The van der Waals surface area contributed by atoms with Crippen molar-refractivity contribution in [2.45, 2.75) is 18.7 Å². The Labute approximate surface area is 93.3 Å². The molecule has 1 aliphatic heterocycles. The maximum atomic E-state index is 11.6. The number of hydrogen-bond donors (Lipinski definition) is 1. The predicted octanol–water partition coefficient (Wildman–Crippen LogP) is 2.04. The van der Waals surface area contributed by atoms with Crippen LogP contribution in [-0.4, -0.2) is 22.9 Å². The van der Waals surface area contributed by atoms with Crippen molar-refractivity contribution < 1.29 is 9.90 Å². The maximum Gasteiger partial charge on any atom is 0.228 e. The molecule has 0 saturated carbocycles. The van der Waals surface area contributed by atoms with Crippen molar-refractivity contribution in [2.24, 2.45) is 0 Å². The SMILES string of the molecule is Cc1cc(N2CC(Cl)CC2=O)ccc1O. The van der Waals surface area contributed by atoms with Gasteiger partial charge in [-0.2, -0.15) is 0 Å². The summed E-state index contributed by atoms with van der Waals surface area (Å²) in [6.45, 7) is 2.35. The second-order valence-corrected chi connectivity index (χ2v) is 4.39. The number of nitrogens with zero attached hydrogens (tertiary/aromatic N) is 1. The summed E-state index contributed by atoms with van der Waals surface area (Å²) in [5.41, 5.74) is 1.57. The van der Waals surface area contributed by atoms with Crippen LogP contribution in [0.4, 0.5) is 5.69 Å². The minimum atomic E-state index is -0.105. The van der Waals surface area contributed by atoms with Gasteiger partial charge < -0.3 is 10.0 Å². The van der Waals surface area contributed by atoms with E-state index in [1.54, 1.807) is 30.0 Å². The molecular weight excluding hydrogens is 214 g/mol. The van der Waals surface area contributed by atoms with Gasteiger partial charge in [0.05, 0.1) is 5.38 Å². The zero-order valence-electron chi connectivity index (χ0n) is 8.40. The lowest BCUT2D eigenvalue weighted by Gasteiger charge is -2.16. The number of benzene rings is 1. The van der Waals surface area contributed by atoms with E-state index in [1.165, 1.54) is 0 Å². The number of carbonyl (C=O) groups is 1. The van der Waals surface area contributed by atoms with Gasteiger partial charge in [-0.25, -0.2) is 0 Å². The van der Waals surface area contributed by atoms with Gasteiger partial charge in [0.1, 0.15) is 5.75 Å². The van der Waals surface area contributed by atoms with Crippen LogP contribution < -0.4 is 4.90 Å². The van der Waals surface area contributed by atoms with Crippen molar-refractivity contribution in [3.8, 4) is 5.75 Å². The van der Waals surface area contributed by atoms with Crippen LogP contribution >= 0.6 is 11.6 Å². The van der Waals surface area contributed by atoms with Crippen LogP contribution in [0.2, 0.25) is 0 Å². The van der Waals surface area contributed by atoms with Gasteiger partial charge in [-0.05, 0) is 30.7 Å². The molecule has 1 atom stereocenters. The first kappa shape index (κ1) is 10.3. The van der Waals surface area contributed by atoms with E-state index in [4.69, 9.17) is 11.6 Å². The van der Waals surface area contributed by atoms with Crippen LogP contribution in [0.25, 0.3) is 0 Å². The Morgan fingerprint density at radius 1 is 1.53 bits per heavy atom. The first-order valence-electron chi connectivity index (χ1n) is 4.82. The predicted molar refractivity (Wildman–Crippen MR) is 59.5 cm³/mol. The van der Waals surface area contributed by atoms with Gasteiger partial charge in [-0.15, -0.1) is 11.6 Å². The smallest absolute Gasteiger partial charge is 0.228 e. The Hall–Kier alpha value is -1.22. The molecule has 0 radical (unpaired) electrons. The first-order valence-corrected chi connectivity index (χ1v) is 5.25. The monoisotopic (exact) mass is 225 g/mol. The Morgan fingerprint density at radius 2 is 2.27 bits per heavy atom. The fraction of sp³-hybridized carbons (Fsp3) is 0.364. The molecule has 1 aromatic rings. The summed E-state index contributed by atoms with van der Waals surface area (Å²) < 4.78 is 0. The summed E-state index contributed by atoms with van der Waals surface area (Å²) >= 11 is 5.91. The van der Waals surface area contributed by atoms with Crippen LogP contribution in [0.1, 0.15) is 12.0 Å². The molecule has 1 saturated heterocycles. The Morgan fingerprint density at radius 3 is 2.80 bits per heavy atom. The molecule has 4 heteroatoms. The average Bonchev–Trinajstić information content (AvgIpc) is 2.50. The second-order valence-electron chi connectivity index (χ2n) is 3.78. The maximum absolute atomic E-state index is 11.6. The number of phenols is 1. The molecule has 1 unspecified atom stereocenters. The molecule has 1 amide bonds. The zero-order valence-corrected chi connectivity index (χ0v) is 9.16. The highest BCUT2D eigenvalue weighted by Gasteiger charge is 2.29. The molecule has 0 aromatic heterocycles. The fourth-order valence-corrected chi connectivity index (χ4v) is 1.99. The third-order valence-electron chi connectivity index (χ3n) is 2.57. The van der Waals surface area contributed by atoms with Gasteiger partial charge in [0, 0.05) is 18.7 Å². The molecule has 1 heterocycles. The Bertz CT molecular complexity index is 406. The minimum Gasteiger partial charge on any atom is -0.508 e. The van der Waals surface area contributed by atoms with Crippen molar-refractivity contribution >= 4 is 23.2 Å². The van der Waals surface area contributed by atoms with Crippen molar-refractivity contribution in [1.82, 2.24) is 0 Å². The van der Waals surface area contributed by atoms with Gasteiger partial charge in [0.2, 0.25) is 5.91 Å². The van der Waals surface area contributed by atoms with Crippen molar-refractivity contribution in [3.05, 3.63) is 23.8 Å². The van der Waals surface area contributed by atoms with Crippen molar-refractivity contribution in [1.29, 1.82) is 0 Å². The van der Waals surface area contributed by atoms with Gasteiger partial charge in [-0.3, -0.25) is 4.79 Å². The lowest BCUT2D eigenvalue weighted by atomic mass is 10.2. The van der Waals surface area contributed by atoms with Crippen LogP contribution in [0.5, 0.6) is 5.75 Å². The molecule has 0 aliphatic carbocycles. The van der Waals surface area contributed by atoms with Crippen molar-refractivity contribution in [2.75, 3.05) is 11.4 Å². The summed E-state index contributed by atoms with van der Waals surface area (Å²) in [6.07, 6.45) is 0.390. The molecule has 1 fully saturated rings. The molecule has 1 aromatic carbocycles. The minimum absolute atomic E-state index is 0.0417. The Balaban J connectivity index is 2.30. The number of phenolic OH excluding ortho intramolecular Hbond substituents is 1. The first-order chi connectivity index (χ1) is 7.08. The molecule has 1 aliphatic rings. The molecule has 1 N–H and O–H groups in total. The highest BCUT2D eigenvalue weighted by atomic mass is 35.5. The summed E-state index contributed by atoms with van der Waals surface area (Å²) in [5, 5.41) is 9.27. The highest BCUT2D eigenvalue weighted by molar-refractivity contribution is 6.24. The Kier molecular flexibility index (Phi) is 2.57. The number of aromatic hydroxyl groups is 1. The normalized spacial score (nSPS) is 21.1. The number of aryl methyl sites for hydroxylation is 1. The zero-order chi connectivity index (χ0) is 11.0. The summed E-state index contributed by atoms with van der Waals surface area (Å²) in [6, 6.07) is 5.12. The number of hydrogen-bond acceptors (Lipinski definition) is 2. The standard InChI is InChI=1S/C11H12ClNO2/c1-7-4-9(2-3-10(7)14)13-6-8(12)5-11(13)15/h2-4,8,14H,5-6H2,1H3. The lowest BCUT2D eigenvalue weighted by molar-refractivity contribution is -0.117. The fourth-order valence-electron chi connectivity index (χ4n) is 1.72. The van der Waals surface area contributed by atoms with Crippen LogP contribution in [0.15, 0.2) is 18.2 Å². The van der Waals surface area contributed by atoms with E-state index in [2.05, 4.69) is 0 Å². The van der Waals surface area contributed by atoms with E-state index < -0.39 is 0 Å².